The summed E-state index contributed by atoms with van der Waals surface area (Å²) in [7, 11) is 0. The van der Waals surface area contributed by atoms with Crippen molar-refractivity contribution < 1.29 is 9.59 Å². The molecule has 0 spiro atoms. The third-order valence-corrected chi connectivity index (χ3v) is 2.25. The molecule has 0 unspecified atom stereocenters. The Balaban J connectivity index is 2.67. The topological polar surface area (TPSA) is 81.5 Å². The summed E-state index contributed by atoms with van der Waals surface area (Å²) >= 11 is 1.25. The summed E-state index contributed by atoms with van der Waals surface area (Å²) in [5.74, 6) is -1.00. The van der Waals surface area contributed by atoms with Gasteiger partial charge in [-0.15, -0.1) is 0 Å². The highest BCUT2D eigenvalue weighted by molar-refractivity contribution is 7.06. The lowest BCUT2D eigenvalue weighted by molar-refractivity contribution is -0.111. The van der Waals surface area contributed by atoms with E-state index >= 15 is 0 Å². The number of rotatable bonds is 0. The zero-order valence-electron chi connectivity index (χ0n) is 5.88. The lowest BCUT2D eigenvalue weighted by atomic mass is 10.1. The molecule has 0 fully saturated rings. The Morgan fingerprint density at radius 3 is 2.92 bits per heavy atom. The van der Waals surface area contributed by atoms with Crippen molar-refractivity contribution in [1.29, 1.82) is 0 Å². The number of hydrogen-bond acceptors (Lipinski definition) is 3. The molecule has 0 radical (unpaired) electrons. The zero-order chi connectivity index (χ0) is 8.55. The van der Waals surface area contributed by atoms with Crippen LogP contribution in [-0.2, 0) is 4.79 Å². The summed E-state index contributed by atoms with van der Waals surface area (Å²) < 4.78 is 2.70. The summed E-state index contributed by atoms with van der Waals surface area (Å²) in [5.41, 5.74) is 0.311. The van der Waals surface area contributed by atoms with Crippen LogP contribution in [0, 0.1) is 0 Å². The van der Waals surface area contributed by atoms with Crippen LogP contribution in [0.1, 0.15) is 15.4 Å². The van der Waals surface area contributed by atoms with Crippen LogP contribution in [0.3, 0.4) is 0 Å². The van der Waals surface area contributed by atoms with Crippen LogP contribution in [0.2, 0.25) is 0 Å². The molecule has 1 aromatic rings. The number of fused-ring (bicyclic) bond motifs is 1. The molecule has 1 heterocycles. The normalized spacial score (nSPS) is 14.7. The highest BCUT2D eigenvalue weighted by atomic mass is 32.1. The van der Waals surface area contributed by atoms with Gasteiger partial charge in [0.15, 0.2) is 0 Å². The van der Waals surface area contributed by atoms with Gasteiger partial charge in [0.2, 0.25) is 5.78 Å². The van der Waals surface area contributed by atoms with Gasteiger partial charge in [0.05, 0.1) is 4.88 Å². The average molecular weight is 183 g/mol. The van der Waals surface area contributed by atoms with Crippen LogP contribution in [0.4, 0.5) is 0 Å². The highest BCUT2D eigenvalue weighted by Crippen LogP contribution is 2.15. The van der Waals surface area contributed by atoms with E-state index in [-0.39, 0.29) is 0 Å². The number of carbonyl (C=O) groups excluding carboxylic acids is 2. The van der Waals surface area contributed by atoms with E-state index < -0.39 is 11.6 Å². The Hall–Kier alpha value is -1.56. The number of carbonyl (C=O) groups is 2. The van der Waals surface area contributed by atoms with E-state index in [0.717, 1.165) is 4.88 Å². The molecule has 1 aliphatic carbocycles. The van der Waals surface area contributed by atoms with Crippen LogP contribution in [-0.4, -0.2) is 26.4 Å². The van der Waals surface area contributed by atoms with Crippen molar-refractivity contribution in [2.24, 2.45) is 0 Å². The van der Waals surface area contributed by atoms with E-state index in [1.54, 1.807) is 6.08 Å². The number of allylic oxidation sites excluding steroid dienone is 1. The molecule has 0 bridgehead atoms. The molecule has 0 amide bonds. The van der Waals surface area contributed by atoms with Crippen molar-refractivity contribution in [3.8, 4) is 0 Å². The summed E-state index contributed by atoms with van der Waals surface area (Å²) in [6, 6.07) is 0. The number of H-pyrrole nitrogens is 3. The molecule has 0 aliphatic heterocycles. The first kappa shape index (κ1) is 7.11. The lowest BCUT2D eigenvalue weighted by Gasteiger charge is -2.05. The fourth-order valence-electron chi connectivity index (χ4n) is 0.917. The van der Waals surface area contributed by atoms with Crippen molar-refractivity contribution in [3.63, 3.8) is 0 Å². The average Bonchev–Trinajstić information content (AvgIpc) is 2.12. The first-order chi connectivity index (χ1) is 5.79. The Bertz CT molecular complexity index is 402. The molecule has 62 valence electrons. The summed E-state index contributed by atoms with van der Waals surface area (Å²) in [6.07, 6.45) is 2.87. The first-order valence-electron chi connectivity index (χ1n) is 3.23. The minimum Gasteiger partial charge on any atom is -0.285 e. The Labute approximate surface area is 70.9 Å². The molecular formula is C6H5N3O2S. The van der Waals surface area contributed by atoms with Gasteiger partial charge in [-0.25, -0.2) is 9.70 Å². The number of aromatic amines is 3. The third-order valence-electron chi connectivity index (χ3n) is 1.48. The van der Waals surface area contributed by atoms with Crippen LogP contribution in [0.15, 0.2) is 6.08 Å². The maximum absolute atomic E-state index is 11.2. The van der Waals surface area contributed by atoms with Crippen molar-refractivity contribution in [2.75, 3.05) is 0 Å². The molecule has 0 saturated heterocycles. The molecule has 1 aromatic heterocycles. The van der Waals surface area contributed by atoms with Gasteiger partial charge in [-0.05, 0) is 23.7 Å². The van der Waals surface area contributed by atoms with Crippen molar-refractivity contribution in [3.05, 3.63) is 16.6 Å². The number of aromatic nitrogens is 3. The number of hydrogen-bond donors (Lipinski definition) is 3. The van der Waals surface area contributed by atoms with E-state index in [9.17, 15) is 9.59 Å². The standard InChI is InChI=1S/C6H5N3O2S/c10-3-1-2-4-5(6(3)11)7-8-9-12-4/h1-2,7-9H. The van der Waals surface area contributed by atoms with Gasteiger partial charge in [0.25, 0.3) is 5.78 Å². The highest BCUT2D eigenvalue weighted by Gasteiger charge is 2.21. The van der Waals surface area contributed by atoms with Gasteiger partial charge in [0.1, 0.15) is 5.69 Å². The molecule has 6 heteroatoms. The number of ketones is 2. The Morgan fingerprint density at radius 1 is 1.25 bits per heavy atom. The minimum atomic E-state index is -0.506. The molecule has 0 aromatic carbocycles. The second-order valence-electron chi connectivity index (χ2n) is 2.22. The van der Waals surface area contributed by atoms with Gasteiger partial charge in [-0.1, -0.05) is 0 Å². The maximum atomic E-state index is 11.2. The van der Waals surface area contributed by atoms with E-state index in [0.29, 0.717) is 5.69 Å². The number of nitrogens with one attached hydrogen (secondary N) is 3. The monoisotopic (exact) mass is 183 g/mol. The predicted octanol–water partition coefficient (Wildman–Crippen LogP) is 0.635. The first-order valence-corrected chi connectivity index (χ1v) is 4.04. The van der Waals surface area contributed by atoms with Crippen LogP contribution in [0.25, 0.3) is 6.08 Å². The Morgan fingerprint density at radius 2 is 2.08 bits per heavy atom. The summed E-state index contributed by atoms with van der Waals surface area (Å²) in [5, 5.41) is 5.11. The van der Waals surface area contributed by atoms with Gasteiger partial charge in [0, 0.05) is 0 Å². The summed E-state index contributed by atoms with van der Waals surface area (Å²) in [4.78, 5) is 22.8. The van der Waals surface area contributed by atoms with E-state index in [4.69, 9.17) is 0 Å². The molecule has 0 atom stereocenters. The zero-order valence-corrected chi connectivity index (χ0v) is 6.70. The van der Waals surface area contributed by atoms with Gasteiger partial charge < -0.3 is 0 Å². The lowest BCUT2D eigenvalue weighted by Crippen LogP contribution is -2.18. The van der Waals surface area contributed by atoms with Crippen molar-refractivity contribution in [1.82, 2.24) is 14.8 Å². The quantitative estimate of drug-likeness (QED) is 0.516. The molecule has 5 nitrogen and oxygen atoms in total. The maximum Gasteiger partial charge on any atom is 0.252 e. The largest absolute Gasteiger partial charge is 0.285 e. The molecule has 12 heavy (non-hydrogen) atoms. The van der Waals surface area contributed by atoms with E-state index in [1.807, 2.05) is 0 Å². The molecule has 3 N–H and O–H groups in total. The predicted molar refractivity (Wildman–Crippen MR) is 43.4 cm³/mol. The SMILES string of the molecule is O=C1C=Cc2s[nH][nH][nH]c2C1=O. The smallest absolute Gasteiger partial charge is 0.252 e. The van der Waals surface area contributed by atoms with E-state index in [1.165, 1.54) is 17.6 Å². The van der Waals surface area contributed by atoms with Gasteiger partial charge in [-0.3, -0.25) is 14.7 Å². The van der Waals surface area contributed by atoms with Crippen LogP contribution >= 0.6 is 11.5 Å². The molecule has 0 saturated carbocycles. The summed E-state index contributed by atoms with van der Waals surface area (Å²) in [6.45, 7) is 0. The third kappa shape index (κ3) is 0.928. The van der Waals surface area contributed by atoms with Gasteiger partial charge >= 0.3 is 0 Å². The number of Topliss-reactive ketones (excluding diaryl/α,β-unsaturated/α-hetero) is 1. The van der Waals surface area contributed by atoms with Crippen LogP contribution in [0.5, 0.6) is 0 Å². The van der Waals surface area contributed by atoms with Crippen molar-refractivity contribution in [2.45, 2.75) is 0 Å². The van der Waals surface area contributed by atoms with Crippen molar-refractivity contribution >= 4 is 29.2 Å². The van der Waals surface area contributed by atoms with Crippen LogP contribution < -0.4 is 0 Å². The Kier molecular flexibility index (Phi) is 1.47. The fraction of sp³-hybridized carbons (Fsp3) is 0. The molecule has 1 aliphatic rings. The fourth-order valence-corrected chi connectivity index (χ4v) is 1.51. The molecule has 2 rings (SSSR count). The molecular weight excluding hydrogens is 178 g/mol. The second kappa shape index (κ2) is 2.49. The second-order valence-corrected chi connectivity index (χ2v) is 3.07. The minimum absolute atomic E-state index is 0.311. The van der Waals surface area contributed by atoms with E-state index in [2.05, 4.69) is 14.8 Å². The van der Waals surface area contributed by atoms with Gasteiger partial charge in [-0.2, -0.15) is 0 Å².